The zero-order valence-electron chi connectivity index (χ0n) is 17.1. The van der Waals surface area contributed by atoms with Gasteiger partial charge in [0.1, 0.15) is 5.75 Å². The number of carboxylic acids is 1. The van der Waals surface area contributed by atoms with E-state index in [2.05, 4.69) is 9.88 Å². The molecular weight excluding hydrogens is 417 g/mol. The smallest absolute Gasteiger partial charge is 0.490 e. The zero-order chi connectivity index (χ0) is 22.5. The molecule has 3 aliphatic rings. The molecule has 1 amide bonds. The summed E-state index contributed by atoms with van der Waals surface area (Å²) in [4.78, 5) is 27.6. The average molecular weight is 444 g/mol. The molecule has 1 saturated carbocycles. The number of carboxylic acid groups (broad SMARTS) is 1. The van der Waals surface area contributed by atoms with Gasteiger partial charge in [-0.3, -0.25) is 9.78 Å². The Morgan fingerprint density at radius 3 is 2.68 bits per heavy atom. The van der Waals surface area contributed by atoms with Gasteiger partial charge >= 0.3 is 12.1 Å². The maximum Gasteiger partial charge on any atom is 0.490 e. The van der Waals surface area contributed by atoms with E-state index in [1.165, 1.54) is 12.8 Å². The van der Waals surface area contributed by atoms with Crippen LogP contribution in [0.4, 0.5) is 13.2 Å². The first-order valence-corrected chi connectivity index (χ1v) is 10.4. The molecule has 1 aromatic heterocycles. The summed E-state index contributed by atoms with van der Waals surface area (Å²) >= 11 is 0. The number of rotatable bonds is 5. The van der Waals surface area contributed by atoms with Gasteiger partial charge in [-0.2, -0.15) is 13.2 Å². The van der Waals surface area contributed by atoms with Crippen LogP contribution < -0.4 is 4.74 Å². The third-order valence-electron chi connectivity index (χ3n) is 5.90. The van der Waals surface area contributed by atoms with E-state index in [1.54, 1.807) is 12.4 Å². The van der Waals surface area contributed by atoms with Gasteiger partial charge in [0.2, 0.25) is 5.91 Å². The third kappa shape index (κ3) is 6.56. The standard InChI is InChI=1S/C19H26N2O3.C2HF3O2/c22-18(11-15-4-5-15)21-9-6-17-19(13-21,7-2-10-23-17)14-24-16-3-1-8-20-12-16;3-2(4,5)1(6)7/h1,3,8,12,15,17H,2,4-7,9-11,13-14H2;(H,6,7). The van der Waals surface area contributed by atoms with Crippen molar-refractivity contribution in [2.75, 3.05) is 26.3 Å². The molecule has 3 fully saturated rings. The second-order valence-corrected chi connectivity index (χ2v) is 8.36. The van der Waals surface area contributed by atoms with Crippen molar-refractivity contribution in [3.05, 3.63) is 24.5 Å². The lowest BCUT2D eigenvalue weighted by Crippen LogP contribution is -2.58. The van der Waals surface area contributed by atoms with Crippen molar-refractivity contribution >= 4 is 11.9 Å². The highest BCUT2D eigenvalue weighted by Gasteiger charge is 2.48. The van der Waals surface area contributed by atoms with Crippen molar-refractivity contribution in [2.24, 2.45) is 11.3 Å². The molecule has 2 saturated heterocycles. The summed E-state index contributed by atoms with van der Waals surface area (Å²) in [5.74, 6) is -1.01. The molecule has 10 heteroatoms. The first kappa shape index (κ1) is 23.3. The lowest BCUT2D eigenvalue weighted by atomic mass is 9.73. The number of aromatic nitrogens is 1. The predicted octanol–water partition coefficient (Wildman–Crippen LogP) is 3.29. The Kier molecular flexibility index (Phi) is 7.40. The number of aliphatic carboxylic acids is 1. The highest BCUT2D eigenvalue weighted by atomic mass is 19.4. The lowest BCUT2D eigenvalue weighted by Gasteiger charge is -2.50. The van der Waals surface area contributed by atoms with E-state index in [9.17, 15) is 18.0 Å². The minimum absolute atomic E-state index is 0.0778. The van der Waals surface area contributed by atoms with Crippen LogP contribution in [0.15, 0.2) is 24.5 Å². The molecule has 3 heterocycles. The fourth-order valence-electron chi connectivity index (χ4n) is 4.07. The van der Waals surface area contributed by atoms with Gasteiger partial charge in [0.15, 0.2) is 0 Å². The third-order valence-corrected chi connectivity index (χ3v) is 5.90. The summed E-state index contributed by atoms with van der Waals surface area (Å²) in [6.07, 6.45) is 4.81. The van der Waals surface area contributed by atoms with Crippen LogP contribution in [0.2, 0.25) is 0 Å². The Bertz CT molecular complexity index is 757. The van der Waals surface area contributed by atoms with Crippen LogP contribution in [0.3, 0.4) is 0 Å². The van der Waals surface area contributed by atoms with Crippen molar-refractivity contribution in [2.45, 2.75) is 50.8 Å². The largest absolute Gasteiger partial charge is 0.491 e. The number of fused-ring (bicyclic) bond motifs is 1. The maximum absolute atomic E-state index is 12.6. The number of likely N-dealkylation sites (tertiary alicyclic amines) is 1. The molecule has 2 unspecified atom stereocenters. The monoisotopic (exact) mass is 444 g/mol. The quantitative estimate of drug-likeness (QED) is 0.750. The highest BCUT2D eigenvalue weighted by Crippen LogP contribution is 2.41. The van der Waals surface area contributed by atoms with Gasteiger partial charge in [-0.15, -0.1) is 0 Å². The molecule has 1 aromatic rings. The van der Waals surface area contributed by atoms with Gasteiger partial charge in [-0.25, -0.2) is 4.79 Å². The van der Waals surface area contributed by atoms with Gasteiger partial charge < -0.3 is 19.5 Å². The van der Waals surface area contributed by atoms with Crippen molar-refractivity contribution in [3.8, 4) is 5.75 Å². The fourth-order valence-corrected chi connectivity index (χ4v) is 4.07. The van der Waals surface area contributed by atoms with Crippen molar-refractivity contribution < 1.29 is 37.3 Å². The van der Waals surface area contributed by atoms with Crippen LogP contribution >= 0.6 is 0 Å². The predicted molar refractivity (Wildman–Crippen MR) is 103 cm³/mol. The van der Waals surface area contributed by atoms with Crippen molar-refractivity contribution in [3.63, 3.8) is 0 Å². The molecule has 7 nitrogen and oxygen atoms in total. The number of pyridine rings is 1. The zero-order valence-corrected chi connectivity index (χ0v) is 17.1. The topological polar surface area (TPSA) is 89.0 Å². The van der Waals surface area contributed by atoms with E-state index >= 15 is 0 Å². The SMILES string of the molecule is O=C(CC1CC1)N1CCC2OCCCC2(COc2cccnc2)C1.O=C(O)C(F)(F)F. The number of hydrogen-bond donors (Lipinski definition) is 1. The van der Waals surface area contributed by atoms with Gasteiger partial charge in [-0.1, -0.05) is 0 Å². The van der Waals surface area contributed by atoms with Gasteiger partial charge in [-0.05, 0) is 50.2 Å². The maximum atomic E-state index is 12.6. The minimum atomic E-state index is -5.08. The average Bonchev–Trinajstić information content (AvgIpc) is 3.56. The molecule has 0 bridgehead atoms. The molecule has 2 aliphatic heterocycles. The molecule has 0 radical (unpaired) electrons. The minimum Gasteiger partial charge on any atom is -0.491 e. The van der Waals surface area contributed by atoms with Crippen LogP contribution in [-0.2, 0) is 14.3 Å². The Balaban J connectivity index is 0.000000339. The van der Waals surface area contributed by atoms with E-state index in [0.717, 1.165) is 51.1 Å². The molecule has 172 valence electrons. The van der Waals surface area contributed by atoms with Crippen LogP contribution in [-0.4, -0.2) is 65.5 Å². The summed E-state index contributed by atoms with van der Waals surface area (Å²) in [5, 5.41) is 7.12. The second-order valence-electron chi connectivity index (χ2n) is 8.36. The number of halogens is 3. The van der Waals surface area contributed by atoms with Crippen LogP contribution in [0.1, 0.15) is 38.5 Å². The Morgan fingerprint density at radius 2 is 2.06 bits per heavy atom. The van der Waals surface area contributed by atoms with E-state index in [-0.39, 0.29) is 11.5 Å². The molecule has 4 rings (SSSR count). The molecular formula is C21H27F3N2O5. The molecule has 1 N–H and O–H groups in total. The lowest BCUT2D eigenvalue weighted by molar-refractivity contribution is -0.192. The number of carbonyl (C=O) groups is 2. The molecule has 1 aliphatic carbocycles. The second kappa shape index (κ2) is 9.84. The summed E-state index contributed by atoms with van der Waals surface area (Å²) in [5.41, 5.74) is -0.0778. The van der Waals surface area contributed by atoms with Gasteiger partial charge in [0, 0.05) is 37.7 Å². The number of ether oxygens (including phenoxy) is 2. The van der Waals surface area contributed by atoms with Crippen molar-refractivity contribution in [1.29, 1.82) is 0 Å². The number of piperidine rings is 1. The van der Waals surface area contributed by atoms with E-state index in [1.807, 2.05) is 12.1 Å². The number of carbonyl (C=O) groups excluding carboxylic acids is 1. The van der Waals surface area contributed by atoms with Gasteiger partial charge in [0.25, 0.3) is 0 Å². The Morgan fingerprint density at radius 1 is 1.32 bits per heavy atom. The highest BCUT2D eigenvalue weighted by molar-refractivity contribution is 5.77. The number of alkyl halides is 3. The summed E-state index contributed by atoms with van der Waals surface area (Å²) < 4.78 is 43.8. The number of nitrogens with zero attached hydrogens (tertiary/aromatic N) is 2. The first-order chi connectivity index (χ1) is 14.7. The molecule has 2 atom stereocenters. The first-order valence-electron chi connectivity index (χ1n) is 10.4. The normalized spacial score (nSPS) is 25.6. The van der Waals surface area contributed by atoms with Crippen LogP contribution in [0.5, 0.6) is 5.75 Å². The van der Waals surface area contributed by atoms with Gasteiger partial charge in [0.05, 0.1) is 18.9 Å². The molecule has 0 aromatic carbocycles. The van der Waals surface area contributed by atoms with Crippen LogP contribution in [0, 0.1) is 11.3 Å². The van der Waals surface area contributed by atoms with Crippen molar-refractivity contribution in [1.82, 2.24) is 9.88 Å². The Labute approximate surface area is 178 Å². The Hall–Kier alpha value is -2.36. The summed E-state index contributed by atoms with van der Waals surface area (Å²) in [6, 6.07) is 3.81. The van der Waals surface area contributed by atoms with E-state index in [4.69, 9.17) is 19.4 Å². The molecule has 0 spiro atoms. The fraction of sp³-hybridized carbons (Fsp3) is 0.667. The number of amides is 1. The van der Waals surface area contributed by atoms with E-state index < -0.39 is 12.1 Å². The summed E-state index contributed by atoms with van der Waals surface area (Å²) in [6.45, 7) is 3.01. The molecule has 31 heavy (non-hydrogen) atoms. The summed E-state index contributed by atoms with van der Waals surface area (Å²) in [7, 11) is 0. The van der Waals surface area contributed by atoms with E-state index in [0.29, 0.717) is 18.4 Å². The van der Waals surface area contributed by atoms with Crippen LogP contribution in [0.25, 0.3) is 0 Å². The number of hydrogen-bond acceptors (Lipinski definition) is 5.